The van der Waals surface area contributed by atoms with E-state index >= 15 is 0 Å². The van der Waals surface area contributed by atoms with Gasteiger partial charge in [-0.15, -0.1) is 0 Å². The molecule has 0 saturated carbocycles. The van der Waals surface area contributed by atoms with Crippen molar-refractivity contribution in [2.24, 2.45) is 0 Å². The van der Waals surface area contributed by atoms with E-state index < -0.39 is 67.4 Å². The van der Waals surface area contributed by atoms with Crippen molar-refractivity contribution in [3.8, 4) is 0 Å². The van der Waals surface area contributed by atoms with Crippen molar-refractivity contribution in [1.82, 2.24) is 0 Å². The first kappa shape index (κ1) is 196. The fourth-order valence-electron chi connectivity index (χ4n) is 0. The van der Waals surface area contributed by atoms with Crippen molar-refractivity contribution >= 4 is 325 Å². The van der Waals surface area contributed by atoms with Gasteiger partial charge in [0.15, 0.2) is 0 Å². The van der Waals surface area contributed by atoms with Crippen molar-refractivity contribution in [3.05, 3.63) is 0 Å². The molecule has 0 aliphatic rings. The molecule has 0 heterocycles. The van der Waals surface area contributed by atoms with Crippen LogP contribution < -0.4 is 9.79 Å². The van der Waals surface area contributed by atoms with Crippen LogP contribution in [-0.4, -0.2) is 427 Å². The third-order valence-corrected chi connectivity index (χ3v) is 0. The fraction of sp³-hybridized carbons (Fsp3) is 0. The van der Waals surface area contributed by atoms with Crippen LogP contribution >= 0.6 is 49.0 Å². The molecule has 54 heavy (non-hydrogen) atoms. The molecule has 328 valence electrons. The molecule has 0 saturated heterocycles. The van der Waals surface area contributed by atoms with Crippen LogP contribution in [-0.2, 0) is 0 Å². The van der Waals surface area contributed by atoms with Gasteiger partial charge < -0.3 is 53.6 Å². The maximum Gasteiger partial charge on any atom is 0.371 e. The van der Waals surface area contributed by atoms with Gasteiger partial charge in [-0.3, -0.25) is 0 Å². The Labute approximate surface area is 485 Å². The van der Waals surface area contributed by atoms with E-state index in [0.717, 1.165) is 0 Å². The standard InChI is InChI=1S/2FH.14Ga.4H4O4P.2H3O4P.8H2O.16H/c;;;;;;;;;;;;;;;;6*1-5(2,3)4;;;;;;;;;;;;;;;;;;;;;;;;/h2*1H;;;;;;;;;;;;;;;4*1-4H;2*(H3,1,2,3,4);8*1H2;;;;;;;;;;;;;;;;/q;;;;;;;;;;;;;;;+2;4*+1;;;;;;;;;;;;;;;;;;;;;;;;;;/p-2. The van der Waals surface area contributed by atoms with Crippen LogP contribution in [0.4, 0.5) is 6.57 Å². The summed E-state index contributed by atoms with van der Waals surface area (Å²) in [5, 5.41) is 0. The third-order valence-electron chi connectivity index (χ3n) is 0. The molecular weight excluding hydrogens is 1710 g/mol. The number of rotatable bonds is 0. The maximum absolute atomic E-state index is 9.78. The molecule has 38 N–H and O–H groups in total. The van der Waals surface area contributed by atoms with Gasteiger partial charge in [0.25, 0.3) is 0 Å². The Kier molecular flexibility index (Phi) is 398. The average molecular weight is 1770 g/mol. The molecule has 0 bridgehead atoms. The normalized spacial score (nSPS) is 6.93. The Hall–Kier alpha value is 10.1. The van der Waals surface area contributed by atoms with Gasteiger partial charge in [-0.2, -0.15) is 108 Å². The van der Waals surface area contributed by atoms with E-state index in [9.17, 15) is 6.57 Å². The average Bonchev–Trinajstić information content (AvgIpc) is 2.11. The SMILES string of the molecule is O.O.O.O.O.O.O.O.O[P+](O)(O)O.O[P+](O)(O)O.O[P+](O)(O)O.O[P+](O)(O)O.[F][Ga][F].[GaH2].[GaH2].[GaH2].[GaH2].[GaH2].[GaH2].[GaH2].[GaH2].[Ga].[Ga].[Ga].[Ga].[Ga].[O-][P+](O)(O)O.[O-][P+](O)(O)O. The van der Waals surface area contributed by atoms with Gasteiger partial charge >= 0.3 is 232 Å². The number of hydrogen-bond acceptors (Lipinski definition) is 24. The van der Waals surface area contributed by atoms with Gasteiger partial charge in [0.05, 0.1) is 0 Å². The van der Waals surface area contributed by atoms with Gasteiger partial charge in [-0.25, -0.2) is 0 Å². The molecule has 0 aromatic heterocycles. The summed E-state index contributed by atoms with van der Waals surface area (Å²) < 4.78 is 19.6. The van der Waals surface area contributed by atoms with Crippen molar-refractivity contribution < 1.29 is 168 Å². The van der Waals surface area contributed by atoms with Gasteiger partial charge in [0.1, 0.15) is 0 Å². The predicted octanol–water partition coefficient (Wildman–Crippen LogP) is -24.8. The van der Waals surface area contributed by atoms with Crippen LogP contribution in [0, 0.1) is 0 Å². The molecule has 0 aliphatic heterocycles. The van der Waals surface area contributed by atoms with Crippen LogP contribution in [0.15, 0.2) is 0 Å². The zero-order valence-electron chi connectivity index (χ0n) is 29.6. The molecule has 0 spiro atoms. The molecular formula is H54F2Ga14O32P6+4. The molecule has 0 rings (SSSR count). The van der Waals surface area contributed by atoms with E-state index in [4.69, 9.17) is 117 Å². The van der Waals surface area contributed by atoms with Crippen LogP contribution in [0.5, 0.6) is 0 Å². The van der Waals surface area contributed by atoms with Crippen LogP contribution in [0.3, 0.4) is 0 Å². The second-order valence-electron chi connectivity index (χ2n) is 3.26. The van der Waals surface area contributed by atoms with E-state index in [2.05, 4.69) is 0 Å². The van der Waals surface area contributed by atoms with Gasteiger partial charge in [-0.1, -0.05) is 0 Å². The second kappa shape index (κ2) is 110. The minimum Gasteiger partial charge on any atom is -0.606 e. The molecule has 0 atom stereocenters. The topological polar surface area (TPSA) is 743 Å². The molecule has 0 aromatic carbocycles. The molecule has 0 amide bonds. The summed E-state index contributed by atoms with van der Waals surface area (Å²) in [6.07, 6.45) is 0. The van der Waals surface area contributed by atoms with Crippen molar-refractivity contribution in [2.75, 3.05) is 0 Å². The summed E-state index contributed by atoms with van der Waals surface area (Å²) in [7, 11) is -26.8. The molecule has 0 aliphatic carbocycles. The van der Waals surface area contributed by atoms with Gasteiger partial charge in [0, 0.05) is 99.0 Å². The summed E-state index contributed by atoms with van der Waals surface area (Å²) in [6.45, 7) is 0. The van der Waals surface area contributed by atoms with E-state index in [0.29, 0.717) is 0 Å². The van der Waals surface area contributed by atoms with Crippen LogP contribution in [0.1, 0.15) is 0 Å². The Balaban J connectivity index is -0.00000000529. The summed E-state index contributed by atoms with van der Waals surface area (Å²) in [5.41, 5.74) is 0. The van der Waals surface area contributed by atoms with E-state index in [-0.39, 0.29) is 301 Å². The fourth-order valence-corrected chi connectivity index (χ4v) is 0. The first-order valence-electron chi connectivity index (χ1n) is 5.20. The maximum atomic E-state index is 9.78. The Morgan fingerprint density at radius 2 is 0.259 bits per heavy atom. The molecule has 24 radical (unpaired) electrons. The largest absolute Gasteiger partial charge is 0.606 e. The summed E-state index contributed by atoms with van der Waals surface area (Å²) >= 11 is -2.69. The first-order chi connectivity index (χ1) is 13.4. The molecule has 0 aromatic rings. The third kappa shape index (κ3) is 2280. The van der Waals surface area contributed by atoms with E-state index in [1.165, 1.54) is 0 Å². The first-order valence-corrected chi connectivity index (χ1v) is 16.6. The molecule has 54 heteroatoms. The minimum absolute atomic E-state index is 0. The molecule has 0 unspecified atom stereocenters. The molecule has 32 nitrogen and oxygen atoms in total. The predicted molar refractivity (Wildman–Crippen MR) is 224 cm³/mol. The Morgan fingerprint density at radius 1 is 0.259 bits per heavy atom. The minimum atomic E-state index is -4.64. The second-order valence-corrected chi connectivity index (χ2v) is 9.95. The summed E-state index contributed by atoms with van der Waals surface area (Å²) in [5.74, 6) is 0. The smallest absolute Gasteiger partial charge is 0.371 e. The zero-order valence-corrected chi connectivity index (χ0v) is 83.0. The van der Waals surface area contributed by atoms with Crippen molar-refractivity contribution in [3.63, 3.8) is 0 Å². The van der Waals surface area contributed by atoms with Gasteiger partial charge in [0.2, 0.25) is 0 Å². The van der Waals surface area contributed by atoms with E-state index in [1.807, 2.05) is 0 Å². The zero-order chi connectivity index (χ0) is 29.7. The van der Waals surface area contributed by atoms with Gasteiger partial charge in [-0.05, 0) is 0 Å². The Morgan fingerprint density at radius 3 is 0.259 bits per heavy atom. The van der Waals surface area contributed by atoms with Crippen LogP contribution in [0.25, 0.3) is 0 Å². The number of hydrogen-bond donors (Lipinski definition) is 22. The van der Waals surface area contributed by atoms with Crippen LogP contribution in [0.2, 0.25) is 0 Å². The summed E-state index contributed by atoms with van der Waals surface area (Å²) in [4.78, 5) is 178. The van der Waals surface area contributed by atoms with Crippen molar-refractivity contribution in [2.45, 2.75) is 0 Å². The summed E-state index contributed by atoms with van der Waals surface area (Å²) in [6, 6.07) is 0. The van der Waals surface area contributed by atoms with E-state index in [1.54, 1.807) is 0 Å². The quantitative estimate of drug-likeness (QED) is 0.0791. The number of halogens is 2. The monoisotopic (exact) mass is 1760 g/mol. The number of phosphoric acid groups is 2. The van der Waals surface area contributed by atoms with Crippen molar-refractivity contribution in [1.29, 1.82) is 0 Å². The molecule has 0 fully saturated rings. The Bertz CT molecular complexity index is 279.